The summed E-state index contributed by atoms with van der Waals surface area (Å²) in [6.07, 6.45) is 4.55. The normalized spacial score (nSPS) is 13.9. The quantitative estimate of drug-likeness (QED) is 0.698. The maximum Gasteiger partial charge on any atom is 0.255 e. The molecule has 0 unspecified atom stereocenters. The molecule has 0 saturated heterocycles. The number of nitrogens with zero attached hydrogens (tertiary/aromatic N) is 3. The van der Waals surface area contributed by atoms with Crippen molar-refractivity contribution in [2.45, 2.75) is 32.2 Å². The molecule has 1 amide bonds. The number of aromatic nitrogens is 3. The number of rotatable bonds is 6. The van der Waals surface area contributed by atoms with Crippen LogP contribution in [0.5, 0.6) is 0 Å². The number of carbonyl (C=O) groups is 1. The van der Waals surface area contributed by atoms with Gasteiger partial charge in [-0.1, -0.05) is 6.07 Å². The molecule has 0 bridgehead atoms. The summed E-state index contributed by atoms with van der Waals surface area (Å²) < 4.78 is 26.7. The Morgan fingerprint density at radius 1 is 1.33 bits per heavy atom. The van der Waals surface area contributed by atoms with E-state index in [0.717, 1.165) is 29.7 Å². The average molecular weight is 371 g/mol. The van der Waals surface area contributed by atoms with E-state index in [4.69, 9.17) is 0 Å². The van der Waals surface area contributed by atoms with Gasteiger partial charge in [-0.2, -0.15) is 0 Å². The minimum Gasteiger partial charge on any atom is -0.361 e. The molecule has 0 spiro atoms. The second kappa shape index (κ2) is 6.94. The number of hydrogen-bond donors (Lipinski definition) is 2. The summed E-state index contributed by atoms with van der Waals surface area (Å²) >= 11 is 0. The van der Waals surface area contributed by atoms with E-state index in [1.54, 1.807) is 22.9 Å². The van der Waals surface area contributed by atoms with Gasteiger partial charge in [0.15, 0.2) is 11.5 Å². The first-order valence-electron chi connectivity index (χ1n) is 8.79. The molecule has 27 heavy (non-hydrogen) atoms. The number of alkyl halides is 2. The molecule has 1 aliphatic carbocycles. The third kappa shape index (κ3) is 3.60. The number of hydrogen-bond acceptors (Lipinski definition) is 4. The van der Waals surface area contributed by atoms with Crippen molar-refractivity contribution in [1.29, 1.82) is 0 Å². The first-order chi connectivity index (χ1) is 13.0. The minimum atomic E-state index is -2.47. The number of amides is 1. The molecule has 0 radical (unpaired) electrons. The van der Waals surface area contributed by atoms with Gasteiger partial charge in [0.1, 0.15) is 0 Å². The predicted molar refractivity (Wildman–Crippen MR) is 98.1 cm³/mol. The average Bonchev–Trinajstić information content (AvgIpc) is 3.34. The molecule has 2 N–H and O–H groups in total. The molecule has 1 fully saturated rings. The Labute approximate surface area is 154 Å². The molecule has 4 rings (SSSR count). The third-order valence-corrected chi connectivity index (χ3v) is 4.53. The lowest BCUT2D eigenvalue weighted by Crippen LogP contribution is -2.26. The highest BCUT2D eigenvalue weighted by Crippen LogP contribution is 2.26. The summed E-state index contributed by atoms with van der Waals surface area (Å²) in [5.41, 5.74) is 3.67. The number of anilines is 1. The molecule has 1 saturated carbocycles. The standard InChI is InChI=1S/C19H19F2N5O/c1-11-8-12(2-5-14(11)19(27)25-13-3-4-13)15-9-24-18-17(23-10-16(20)21)22-6-7-26(15)18/h2,5-9,13,16H,3-4,10H2,1H3,(H,22,23)(H,25,27). The van der Waals surface area contributed by atoms with Crippen LogP contribution in [0.1, 0.15) is 28.8 Å². The number of fused-ring (bicyclic) bond motifs is 1. The second-order valence-corrected chi connectivity index (χ2v) is 6.66. The van der Waals surface area contributed by atoms with Crippen molar-refractivity contribution in [3.05, 3.63) is 47.9 Å². The van der Waals surface area contributed by atoms with Crippen LogP contribution in [0.25, 0.3) is 16.9 Å². The molecular formula is C19H19F2N5O. The van der Waals surface area contributed by atoms with E-state index >= 15 is 0 Å². The Balaban J connectivity index is 1.65. The SMILES string of the molecule is Cc1cc(-c2cnc3c(NCC(F)F)nccn23)ccc1C(=O)NC1CC1. The monoisotopic (exact) mass is 371 g/mol. The van der Waals surface area contributed by atoms with Crippen LogP contribution in [0.4, 0.5) is 14.6 Å². The molecule has 1 aromatic carbocycles. The lowest BCUT2D eigenvalue weighted by atomic mass is 10.0. The minimum absolute atomic E-state index is 0.0534. The van der Waals surface area contributed by atoms with Gasteiger partial charge in [0, 0.05) is 29.6 Å². The largest absolute Gasteiger partial charge is 0.361 e. The molecule has 140 valence electrons. The van der Waals surface area contributed by atoms with Crippen LogP contribution >= 0.6 is 0 Å². The fourth-order valence-electron chi connectivity index (χ4n) is 3.00. The van der Waals surface area contributed by atoms with Crippen molar-refractivity contribution in [3.8, 4) is 11.3 Å². The summed E-state index contributed by atoms with van der Waals surface area (Å²) in [4.78, 5) is 20.7. The number of halogens is 2. The molecule has 2 heterocycles. The number of carbonyl (C=O) groups excluding carboxylic acids is 1. The van der Waals surface area contributed by atoms with Crippen LogP contribution in [-0.4, -0.2) is 39.3 Å². The highest BCUT2D eigenvalue weighted by Gasteiger charge is 2.24. The van der Waals surface area contributed by atoms with Crippen molar-refractivity contribution in [1.82, 2.24) is 19.7 Å². The van der Waals surface area contributed by atoms with Gasteiger partial charge in [0.25, 0.3) is 12.3 Å². The lowest BCUT2D eigenvalue weighted by molar-refractivity contribution is 0.0950. The fourth-order valence-corrected chi connectivity index (χ4v) is 3.00. The molecule has 8 heteroatoms. The molecule has 2 aromatic heterocycles. The lowest BCUT2D eigenvalue weighted by Gasteiger charge is -2.10. The van der Waals surface area contributed by atoms with Crippen LogP contribution < -0.4 is 10.6 Å². The van der Waals surface area contributed by atoms with Gasteiger partial charge in [-0.05, 0) is 37.5 Å². The Bertz CT molecular complexity index is 997. The van der Waals surface area contributed by atoms with Gasteiger partial charge in [-0.3, -0.25) is 9.20 Å². The van der Waals surface area contributed by atoms with Gasteiger partial charge < -0.3 is 10.6 Å². The van der Waals surface area contributed by atoms with Crippen LogP contribution in [0.15, 0.2) is 36.8 Å². The van der Waals surface area contributed by atoms with E-state index in [-0.39, 0.29) is 5.91 Å². The Hall–Kier alpha value is -3.03. The first-order valence-corrected chi connectivity index (χ1v) is 8.79. The van der Waals surface area contributed by atoms with E-state index in [9.17, 15) is 13.6 Å². The highest BCUT2D eigenvalue weighted by atomic mass is 19.3. The van der Waals surface area contributed by atoms with Crippen molar-refractivity contribution in [3.63, 3.8) is 0 Å². The maximum absolute atomic E-state index is 12.5. The smallest absolute Gasteiger partial charge is 0.255 e. The van der Waals surface area contributed by atoms with E-state index in [0.29, 0.717) is 23.1 Å². The zero-order chi connectivity index (χ0) is 19.0. The molecular weight excluding hydrogens is 352 g/mol. The molecule has 0 atom stereocenters. The summed E-state index contributed by atoms with van der Waals surface area (Å²) in [5, 5.41) is 5.61. The van der Waals surface area contributed by atoms with E-state index in [1.807, 2.05) is 19.1 Å². The predicted octanol–water partition coefficient (Wildman–Crippen LogP) is 3.27. The zero-order valence-electron chi connectivity index (χ0n) is 14.7. The molecule has 6 nitrogen and oxygen atoms in total. The van der Waals surface area contributed by atoms with E-state index < -0.39 is 13.0 Å². The Morgan fingerprint density at radius 2 is 2.15 bits per heavy atom. The third-order valence-electron chi connectivity index (χ3n) is 4.53. The first kappa shape index (κ1) is 17.4. The van der Waals surface area contributed by atoms with Crippen molar-refractivity contribution in [2.24, 2.45) is 0 Å². The van der Waals surface area contributed by atoms with E-state index in [1.165, 1.54) is 6.20 Å². The van der Waals surface area contributed by atoms with E-state index in [2.05, 4.69) is 20.6 Å². The van der Waals surface area contributed by atoms with Crippen LogP contribution in [0.2, 0.25) is 0 Å². The maximum atomic E-state index is 12.5. The molecule has 1 aliphatic rings. The summed E-state index contributed by atoms with van der Waals surface area (Å²) in [6, 6.07) is 5.91. The zero-order valence-corrected chi connectivity index (χ0v) is 14.7. The van der Waals surface area contributed by atoms with Crippen LogP contribution in [-0.2, 0) is 0 Å². The van der Waals surface area contributed by atoms with Gasteiger partial charge in [-0.15, -0.1) is 0 Å². The van der Waals surface area contributed by atoms with Gasteiger partial charge in [0.05, 0.1) is 18.4 Å². The van der Waals surface area contributed by atoms with Crippen LogP contribution in [0, 0.1) is 6.92 Å². The summed E-state index contributed by atoms with van der Waals surface area (Å²) in [7, 11) is 0. The Kier molecular flexibility index (Phi) is 4.47. The topological polar surface area (TPSA) is 71.3 Å². The van der Waals surface area contributed by atoms with Gasteiger partial charge in [-0.25, -0.2) is 18.7 Å². The highest BCUT2D eigenvalue weighted by molar-refractivity contribution is 5.96. The number of benzene rings is 1. The van der Waals surface area contributed by atoms with Crippen molar-refractivity contribution < 1.29 is 13.6 Å². The van der Waals surface area contributed by atoms with Gasteiger partial charge >= 0.3 is 0 Å². The van der Waals surface area contributed by atoms with Crippen LogP contribution in [0.3, 0.4) is 0 Å². The number of imidazole rings is 1. The fraction of sp³-hybridized carbons (Fsp3) is 0.316. The molecule has 3 aromatic rings. The number of nitrogens with one attached hydrogen (secondary N) is 2. The van der Waals surface area contributed by atoms with Gasteiger partial charge in [0.2, 0.25) is 0 Å². The summed E-state index contributed by atoms with van der Waals surface area (Å²) in [5.74, 6) is 0.253. The number of aryl methyl sites for hydroxylation is 1. The second-order valence-electron chi connectivity index (χ2n) is 6.66. The van der Waals surface area contributed by atoms with Crippen molar-refractivity contribution >= 4 is 17.4 Å². The molecule has 0 aliphatic heterocycles. The summed E-state index contributed by atoms with van der Waals surface area (Å²) in [6.45, 7) is 1.41. The Morgan fingerprint density at radius 3 is 2.85 bits per heavy atom. The van der Waals surface area contributed by atoms with Crippen molar-refractivity contribution in [2.75, 3.05) is 11.9 Å².